The number of ether oxygens (including phenoxy) is 1. The van der Waals surface area contributed by atoms with Crippen LogP contribution in [0.25, 0.3) is 27.6 Å². The quantitative estimate of drug-likeness (QED) is 0.386. The highest BCUT2D eigenvalue weighted by Gasteiger charge is 2.17. The number of nitrogens with one attached hydrogen (secondary N) is 2. The topological polar surface area (TPSA) is 84.8 Å². The molecule has 160 valence electrons. The maximum atomic E-state index is 13.0. The SMILES string of the molecule is COc1cccc2c(C)cc(-n3nc(C)cc3NC(=O)c3cc4cccc(Cl)c4[nH]3)nc12. The van der Waals surface area contributed by atoms with Crippen molar-refractivity contribution in [1.29, 1.82) is 0 Å². The average Bonchev–Trinajstić information content (AvgIpc) is 3.37. The van der Waals surface area contributed by atoms with E-state index in [0.717, 1.165) is 33.1 Å². The Hall–Kier alpha value is -3.84. The molecule has 0 unspecified atom stereocenters. The molecule has 0 spiro atoms. The fourth-order valence-corrected chi connectivity index (χ4v) is 4.06. The van der Waals surface area contributed by atoms with Crippen LogP contribution in [0.4, 0.5) is 5.82 Å². The first-order valence-corrected chi connectivity index (χ1v) is 10.4. The molecule has 3 aromatic heterocycles. The summed E-state index contributed by atoms with van der Waals surface area (Å²) in [5.74, 6) is 1.48. The first kappa shape index (κ1) is 20.1. The fourth-order valence-electron chi connectivity index (χ4n) is 3.84. The number of hydrogen-bond donors (Lipinski definition) is 2. The highest BCUT2D eigenvalue weighted by molar-refractivity contribution is 6.35. The summed E-state index contributed by atoms with van der Waals surface area (Å²) in [4.78, 5) is 20.9. The van der Waals surface area contributed by atoms with Gasteiger partial charge in [-0.2, -0.15) is 9.78 Å². The molecule has 0 bridgehead atoms. The van der Waals surface area contributed by atoms with Crippen LogP contribution in [0.15, 0.2) is 54.6 Å². The lowest BCUT2D eigenvalue weighted by Crippen LogP contribution is -2.16. The number of hydrogen-bond acceptors (Lipinski definition) is 4. The fraction of sp³-hybridized carbons (Fsp3) is 0.125. The third kappa shape index (κ3) is 3.36. The van der Waals surface area contributed by atoms with Crippen molar-refractivity contribution in [2.45, 2.75) is 13.8 Å². The molecule has 0 aliphatic carbocycles. The zero-order valence-electron chi connectivity index (χ0n) is 17.7. The zero-order valence-corrected chi connectivity index (χ0v) is 18.5. The average molecular weight is 446 g/mol. The summed E-state index contributed by atoms with van der Waals surface area (Å²) in [5.41, 5.74) is 3.64. The number of aryl methyl sites for hydroxylation is 2. The van der Waals surface area contributed by atoms with Crippen LogP contribution in [0.3, 0.4) is 0 Å². The number of aromatic amines is 1. The van der Waals surface area contributed by atoms with E-state index >= 15 is 0 Å². The zero-order chi connectivity index (χ0) is 22.4. The Balaban J connectivity index is 1.55. The molecule has 0 atom stereocenters. The lowest BCUT2D eigenvalue weighted by Gasteiger charge is -2.12. The van der Waals surface area contributed by atoms with Crippen molar-refractivity contribution < 1.29 is 9.53 Å². The van der Waals surface area contributed by atoms with Crippen molar-refractivity contribution >= 4 is 45.1 Å². The van der Waals surface area contributed by atoms with Crippen LogP contribution < -0.4 is 10.1 Å². The molecule has 5 rings (SSSR count). The number of benzene rings is 2. The molecule has 0 radical (unpaired) electrons. The number of nitrogens with zero attached hydrogens (tertiary/aromatic N) is 3. The standard InChI is InChI=1S/C24H20ClN5O2/c1-13-10-20(27-23-16(13)7-5-9-19(23)32-3)30-21(11-14(2)29-30)28-24(31)18-12-15-6-4-8-17(25)22(15)26-18/h4-12,26H,1-3H3,(H,28,31). The molecule has 3 heterocycles. The highest BCUT2D eigenvalue weighted by Crippen LogP contribution is 2.29. The maximum Gasteiger partial charge on any atom is 0.273 e. The van der Waals surface area contributed by atoms with E-state index in [4.69, 9.17) is 21.3 Å². The number of rotatable bonds is 4. The lowest BCUT2D eigenvalue weighted by molar-refractivity contribution is 0.102. The molecular formula is C24H20ClN5O2. The van der Waals surface area contributed by atoms with Crippen molar-refractivity contribution in [3.05, 3.63) is 76.6 Å². The van der Waals surface area contributed by atoms with E-state index in [-0.39, 0.29) is 5.91 Å². The third-order valence-corrected chi connectivity index (χ3v) is 5.67. The minimum atomic E-state index is -0.298. The van der Waals surface area contributed by atoms with Gasteiger partial charge in [-0.25, -0.2) is 4.98 Å². The summed E-state index contributed by atoms with van der Waals surface area (Å²) in [5, 5.41) is 9.92. The molecular weight excluding hydrogens is 426 g/mol. The van der Waals surface area contributed by atoms with Crippen molar-refractivity contribution in [3.8, 4) is 11.6 Å². The summed E-state index contributed by atoms with van der Waals surface area (Å²) in [6, 6.07) is 16.8. The largest absolute Gasteiger partial charge is 0.494 e. The van der Waals surface area contributed by atoms with Gasteiger partial charge in [0, 0.05) is 16.8 Å². The molecule has 0 aliphatic heterocycles. The van der Waals surface area contributed by atoms with Crippen LogP contribution in [0, 0.1) is 13.8 Å². The van der Waals surface area contributed by atoms with Gasteiger partial charge in [0.2, 0.25) is 0 Å². The van der Waals surface area contributed by atoms with Crippen molar-refractivity contribution in [3.63, 3.8) is 0 Å². The number of carbonyl (C=O) groups excluding carboxylic acids is 1. The maximum absolute atomic E-state index is 13.0. The Morgan fingerprint density at radius 1 is 1.12 bits per heavy atom. The normalized spacial score (nSPS) is 11.2. The second-order valence-electron chi connectivity index (χ2n) is 7.58. The molecule has 0 aliphatic rings. The van der Waals surface area contributed by atoms with Gasteiger partial charge in [0.05, 0.1) is 23.3 Å². The van der Waals surface area contributed by atoms with Crippen LogP contribution in [-0.2, 0) is 0 Å². The van der Waals surface area contributed by atoms with E-state index in [1.807, 2.05) is 50.2 Å². The predicted molar refractivity (Wildman–Crippen MR) is 126 cm³/mol. The minimum absolute atomic E-state index is 0.298. The Morgan fingerprint density at radius 2 is 1.94 bits per heavy atom. The Kier molecular flexibility index (Phi) is 4.83. The van der Waals surface area contributed by atoms with Crippen LogP contribution >= 0.6 is 11.6 Å². The number of carbonyl (C=O) groups is 1. The van der Waals surface area contributed by atoms with Gasteiger partial charge in [-0.05, 0) is 43.7 Å². The van der Waals surface area contributed by atoms with Crippen molar-refractivity contribution in [1.82, 2.24) is 19.7 Å². The molecule has 2 aromatic carbocycles. The Bertz CT molecular complexity index is 1500. The van der Waals surface area contributed by atoms with E-state index in [9.17, 15) is 4.79 Å². The van der Waals surface area contributed by atoms with E-state index in [1.54, 1.807) is 30.0 Å². The highest BCUT2D eigenvalue weighted by atomic mass is 35.5. The number of H-pyrrole nitrogens is 1. The van der Waals surface area contributed by atoms with Gasteiger partial charge in [-0.3, -0.25) is 4.79 Å². The van der Waals surface area contributed by atoms with E-state index in [1.165, 1.54) is 0 Å². The third-order valence-electron chi connectivity index (χ3n) is 5.36. The number of methoxy groups -OCH3 is 1. The second kappa shape index (κ2) is 7.69. The molecule has 1 amide bonds. The van der Waals surface area contributed by atoms with Gasteiger partial charge >= 0.3 is 0 Å². The molecule has 0 saturated heterocycles. The number of pyridine rings is 1. The predicted octanol–water partition coefficient (Wildman–Crippen LogP) is 5.43. The first-order chi connectivity index (χ1) is 15.4. The van der Waals surface area contributed by atoms with E-state index < -0.39 is 0 Å². The van der Waals surface area contributed by atoms with Crippen LogP contribution in [0.1, 0.15) is 21.7 Å². The van der Waals surface area contributed by atoms with Gasteiger partial charge in [-0.1, -0.05) is 35.9 Å². The number of fused-ring (bicyclic) bond motifs is 2. The molecule has 8 heteroatoms. The lowest BCUT2D eigenvalue weighted by atomic mass is 10.1. The Morgan fingerprint density at radius 3 is 2.72 bits per heavy atom. The minimum Gasteiger partial charge on any atom is -0.494 e. The number of anilines is 1. The van der Waals surface area contributed by atoms with Gasteiger partial charge in [0.25, 0.3) is 5.91 Å². The van der Waals surface area contributed by atoms with Crippen LogP contribution in [0.5, 0.6) is 5.75 Å². The molecule has 5 aromatic rings. The monoisotopic (exact) mass is 445 g/mol. The second-order valence-corrected chi connectivity index (χ2v) is 7.98. The van der Waals surface area contributed by atoms with Gasteiger partial charge in [0.15, 0.2) is 5.82 Å². The molecule has 0 fully saturated rings. The molecule has 0 saturated carbocycles. The van der Waals surface area contributed by atoms with Gasteiger partial charge in [-0.15, -0.1) is 0 Å². The van der Waals surface area contributed by atoms with Gasteiger partial charge < -0.3 is 15.0 Å². The molecule has 2 N–H and O–H groups in total. The first-order valence-electron chi connectivity index (χ1n) is 10.0. The van der Waals surface area contributed by atoms with E-state index in [0.29, 0.717) is 28.1 Å². The summed E-state index contributed by atoms with van der Waals surface area (Å²) in [6.45, 7) is 3.87. The van der Waals surface area contributed by atoms with Crippen molar-refractivity contribution in [2.24, 2.45) is 0 Å². The number of amides is 1. The summed E-state index contributed by atoms with van der Waals surface area (Å²) >= 11 is 6.24. The van der Waals surface area contributed by atoms with Gasteiger partial charge in [0.1, 0.15) is 22.8 Å². The van der Waals surface area contributed by atoms with Crippen molar-refractivity contribution in [2.75, 3.05) is 12.4 Å². The summed E-state index contributed by atoms with van der Waals surface area (Å²) < 4.78 is 7.12. The van der Waals surface area contributed by atoms with Crippen LogP contribution in [-0.4, -0.2) is 32.8 Å². The van der Waals surface area contributed by atoms with Crippen LogP contribution in [0.2, 0.25) is 5.02 Å². The smallest absolute Gasteiger partial charge is 0.273 e. The summed E-state index contributed by atoms with van der Waals surface area (Å²) in [6.07, 6.45) is 0. The number of halogens is 1. The Labute approximate surface area is 189 Å². The summed E-state index contributed by atoms with van der Waals surface area (Å²) in [7, 11) is 1.62. The van der Waals surface area contributed by atoms with E-state index in [2.05, 4.69) is 15.4 Å². The molecule has 7 nitrogen and oxygen atoms in total. The number of para-hydroxylation sites is 2. The molecule has 32 heavy (non-hydrogen) atoms. The number of aromatic nitrogens is 4.